The Morgan fingerprint density at radius 2 is 2.31 bits per heavy atom. The monoisotopic (exact) mass is 219 g/mol. The first kappa shape index (κ1) is 10.7. The zero-order chi connectivity index (χ0) is 11.5. The number of carbonyl (C=O) groups is 2. The van der Waals surface area contributed by atoms with Gasteiger partial charge in [0.15, 0.2) is 5.78 Å². The highest BCUT2D eigenvalue weighted by atomic mass is 16.5. The number of ketones is 1. The van der Waals surface area contributed by atoms with Gasteiger partial charge in [-0.1, -0.05) is 6.07 Å². The van der Waals surface area contributed by atoms with Crippen molar-refractivity contribution in [1.29, 1.82) is 0 Å². The van der Waals surface area contributed by atoms with E-state index in [-0.39, 0.29) is 5.78 Å². The average molecular weight is 219 g/mol. The number of esters is 1. The lowest BCUT2D eigenvalue weighted by molar-refractivity contribution is 0.0523. The molecule has 1 N–H and O–H groups in total. The van der Waals surface area contributed by atoms with Gasteiger partial charge >= 0.3 is 5.97 Å². The van der Waals surface area contributed by atoms with E-state index in [1.54, 1.807) is 25.1 Å². The SMILES string of the molecule is CCOC(=O)c1cccc2c1C(=O)CCN2. The van der Waals surface area contributed by atoms with Crippen LogP contribution in [0.4, 0.5) is 5.69 Å². The van der Waals surface area contributed by atoms with Gasteiger partial charge in [-0.05, 0) is 19.1 Å². The Kier molecular flexibility index (Phi) is 2.90. The number of rotatable bonds is 2. The molecule has 4 heteroatoms. The standard InChI is InChI=1S/C12H13NO3/c1-2-16-12(15)8-4-3-5-9-11(8)10(14)6-7-13-9/h3-5,13H,2,6-7H2,1H3. The number of hydrogen-bond donors (Lipinski definition) is 1. The summed E-state index contributed by atoms with van der Waals surface area (Å²) < 4.78 is 4.92. The van der Waals surface area contributed by atoms with Crippen LogP contribution < -0.4 is 5.32 Å². The van der Waals surface area contributed by atoms with Crippen LogP contribution in [0.1, 0.15) is 34.1 Å². The van der Waals surface area contributed by atoms with Crippen molar-refractivity contribution in [2.75, 3.05) is 18.5 Å². The van der Waals surface area contributed by atoms with Gasteiger partial charge in [0.2, 0.25) is 0 Å². The normalized spacial score (nSPS) is 13.9. The predicted octanol–water partition coefficient (Wildman–Crippen LogP) is 1.86. The molecule has 0 saturated carbocycles. The molecule has 0 atom stereocenters. The van der Waals surface area contributed by atoms with Crippen molar-refractivity contribution >= 4 is 17.4 Å². The van der Waals surface area contributed by atoms with Crippen LogP contribution in [0, 0.1) is 0 Å². The maximum atomic E-state index is 11.8. The Hall–Kier alpha value is -1.84. The Labute approximate surface area is 93.6 Å². The predicted molar refractivity (Wildman–Crippen MR) is 59.8 cm³/mol. The van der Waals surface area contributed by atoms with Crippen LogP contribution in [-0.2, 0) is 4.74 Å². The molecule has 1 aromatic carbocycles. The molecule has 0 radical (unpaired) electrons. The first-order valence-corrected chi connectivity index (χ1v) is 5.31. The fourth-order valence-electron chi connectivity index (χ4n) is 1.81. The molecule has 0 saturated heterocycles. The molecule has 2 rings (SSSR count). The van der Waals surface area contributed by atoms with Gasteiger partial charge in [0.25, 0.3) is 0 Å². The molecule has 0 spiro atoms. The van der Waals surface area contributed by atoms with E-state index >= 15 is 0 Å². The van der Waals surface area contributed by atoms with Gasteiger partial charge in [0.1, 0.15) is 0 Å². The molecule has 0 aromatic heterocycles. The number of fused-ring (bicyclic) bond motifs is 1. The van der Waals surface area contributed by atoms with Crippen LogP contribution in [0.3, 0.4) is 0 Å². The fourth-order valence-corrected chi connectivity index (χ4v) is 1.81. The van der Waals surface area contributed by atoms with E-state index in [0.29, 0.717) is 30.7 Å². The summed E-state index contributed by atoms with van der Waals surface area (Å²) in [4.78, 5) is 23.4. The Morgan fingerprint density at radius 1 is 1.50 bits per heavy atom. The molecule has 0 fully saturated rings. The summed E-state index contributed by atoms with van der Waals surface area (Å²) in [5.74, 6) is -0.436. The molecule has 0 bridgehead atoms. The van der Waals surface area contributed by atoms with E-state index in [0.717, 1.165) is 5.69 Å². The van der Waals surface area contributed by atoms with Crippen LogP contribution in [0.25, 0.3) is 0 Å². The Bertz CT molecular complexity index is 440. The molecule has 1 aliphatic rings. The number of anilines is 1. The smallest absolute Gasteiger partial charge is 0.338 e. The number of Topliss-reactive ketones (excluding diaryl/α,β-unsaturated/α-hetero) is 1. The molecule has 0 unspecified atom stereocenters. The summed E-state index contributed by atoms with van der Waals surface area (Å²) in [6.45, 7) is 2.68. The minimum absolute atomic E-state index is 0.00240. The third-order valence-electron chi connectivity index (χ3n) is 2.51. The number of hydrogen-bond acceptors (Lipinski definition) is 4. The van der Waals surface area contributed by atoms with E-state index in [1.165, 1.54) is 0 Å². The summed E-state index contributed by atoms with van der Waals surface area (Å²) in [6.07, 6.45) is 0.420. The molecule has 84 valence electrons. The zero-order valence-electron chi connectivity index (χ0n) is 9.08. The largest absolute Gasteiger partial charge is 0.462 e. The van der Waals surface area contributed by atoms with Gasteiger partial charge in [0.05, 0.1) is 17.7 Å². The van der Waals surface area contributed by atoms with Gasteiger partial charge in [-0.3, -0.25) is 4.79 Å². The molecule has 4 nitrogen and oxygen atoms in total. The van der Waals surface area contributed by atoms with E-state index < -0.39 is 5.97 Å². The summed E-state index contributed by atoms with van der Waals surface area (Å²) in [5.41, 5.74) is 1.55. The third kappa shape index (κ3) is 1.78. The van der Waals surface area contributed by atoms with Gasteiger partial charge in [-0.15, -0.1) is 0 Å². The Morgan fingerprint density at radius 3 is 3.06 bits per heavy atom. The molecular formula is C12H13NO3. The fraction of sp³-hybridized carbons (Fsp3) is 0.333. The minimum Gasteiger partial charge on any atom is -0.462 e. The molecule has 1 aliphatic heterocycles. The lowest BCUT2D eigenvalue weighted by Gasteiger charge is -2.18. The second-order valence-electron chi connectivity index (χ2n) is 3.55. The van der Waals surface area contributed by atoms with E-state index in [2.05, 4.69) is 5.32 Å². The molecular weight excluding hydrogens is 206 g/mol. The first-order valence-electron chi connectivity index (χ1n) is 5.31. The maximum Gasteiger partial charge on any atom is 0.338 e. The van der Waals surface area contributed by atoms with Crippen LogP contribution >= 0.6 is 0 Å². The van der Waals surface area contributed by atoms with Crippen LogP contribution in [0.15, 0.2) is 18.2 Å². The highest BCUT2D eigenvalue weighted by Crippen LogP contribution is 2.25. The second kappa shape index (κ2) is 4.35. The van der Waals surface area contributed by atoms with Gasteiger partial charge in [-0.2, -0.15) is 0 Å². The van der Waals surface area contributed by atoms with Gasteiger partial charge in [-0.25, -0.2) is 4.79 Å². The van der Waals surface area contributed by atoms with Gasteiger partial charge in [0, 0.05) is 18.7 Å². The summed E-state index contributed by atoms with van der Waals surface area (Å²) in [6, 6.07) is 5.17. The van der Waals surface area contributed by atoms with Crippen molar-refractivity contribution in [3.63, 3.8) is 0 Å². The highest BCUT2D eigenvalue weighted by Gasteiger charge is 2.24. The quantitative estimate of drug-likeness (QED) is 0.771. The highest BCUT2D eigenvalue weighted by molar-refractivity contribution is 6.11. The molecule has 1 aromatic rings. The van der Waals surface area contributed by atoms with Crippen LogP contribution in [0.5, 0.6) is 0 Å². The second-order valence-corrected chi connectivity index (χ2v) is 3.55. The minimum atomic E-state index is -0.434. The third-order valence-corrected chi connectivity index (χ3v) is 2.51. The van der Waals surface area contributed by atoms with Crippen molar-refractivity contribution < 1.29 is 14.3 Å². The molecule has 16 heavy (non-hydrogen) atoms. The van der Waals surface area contributed by atoms with Crippen molar-refractivity contribution in [3.8, 4) is 0 Å². The summed E-state index contributed by atoms with van der Waals surface area (Å²) in [7, 11) is 0. The van der Waals surface area contributed by atoms with E-state index in [9.17, 15) is 9.59 Å². The first-order chi connectivity index (χ1) is 7.74. The number of ether oxygens (including phenoxy) is 1. The van der Waals surface area contributed by atoms with Crippen molar-refractivity contribution in [2.24, 2.45) is 0 Å². The van der Waals surface area contributed by atoms with Gasteiger partial charge < -0.3 is 10.1 Å². The Balaban J connectivity index is 2.46. The summed E-state index contributed by atoms with van der Waals surface area (Å²) in [5, 5.41) is 3.10. The van der Waals surface area contributed by atoms with Crippen molar-refractivity contribution in [2.45, 2.75) is 13.3 Å². The van der Waals surface area contributed by atoms with E-state index in [4.69, 9.17) is 4.74 Å². The molecule has 0 amide bonds. The lowest BCUT2D eigenvalue weighted by Crippen LogP contribution is -2.21. The van der Waals surface area contributed by atoms with Crippen LogP contribution in [0.2, 0.25) is 0 Å². The zero-order valence-corrected chi connectivity index (χ0v) is 9.08. The molecule has 1 heterocycles. The van der Waals surface area contributed by atoms with Crippen LogP contribution in [-0.4, -0.2) is 24.9 Å². The average Bonchev–Trinajstić information content (AvgIpc) is 2.29. The van der Waals surface area contributed by atoms with E-state index in [1.807, 2.05) is 0 Å². The number of nitrogens with one attached hydrogen (secondary N) is 1. The molecule has 0 aliphatic carbocycles. The lowest BCUT2D eigenvalue weighted by atomic mass is 9.96. The topological polar surface area (TPSA) is 55.4 Å². The number of benzene rings is 1. The number of carbonyl (C=O) groups excluding carboxylic acids is 2. The summed E-state index contributed by atoms with van der Waals surface area (Å²) >= 11 is 0. The van der Waals surface area contributed by atoms with Crippen molar-refractivity contribution in [3.05, 3.63) is 29.3 Å². The van der Waals surface area contributed by atoms with Crippen molar-refractivity contribution in [1.82, 2.24) is 0 Å². The maximum absolute atomic E-state index is 11.8.